The number of carboxylic acids is 1. The quantitative estimate of drug-likeness (QED) is 0.354. The van der Waals surface area contributed by atoms with Gasteiger partial charge in [0.25, 0.3) is 0 Å². The van der Waals surface area contributed by atoms with E-state index in [4.69, 9.17) is 32.6 Å². The lowest BCUT2D eigenvalue weighted by molar-refractivity contribution is -0.135. The van der Waals surface area contributed by atoms with Crippen molar-refractivity contribution >= 4 is 14.8 Å². The molecule has 0 heterocycles. The van der Waals surface area contributed by atoms with E-state index in [2.05, 4.69) is 0 Å². The number of aliphatic carboxylic acids is 1. The van der Waals surface area contributed by atoms with Gasteiger partial charge in [0.1, 0.15) is 6.04 Å². The molecule has 0 atom stereocenters. The highest BCUT2D eigenvalue weighted by atomic mass is 28.4. The number of methoxy groups -OCH3 is 3. The van der Waals surface area contributed by atoms with Crippen LogP contribution in [0.4, 0.5) is 0 Å². The zero-order chi connectivity index (χ0) is 15.3. The summed E-state index contributed by atoms with van der Waals surface area (Å²) in [4.78, 5) is 11.0. The van der Waals surface area contributed by atoms with E-state index in [1.807, 2.05) is 0 Å². The highest BCUT2D eigenvalue weighted by molar-refractivity contribution is 6.64. The maximum absolute atomic E-state index is 11.0. The highest BCUT2D eigenvalue weighted by Crippen LogP contribution is 2.16. The van der Waals surface area contributed by atoms with Crippen LogP contribution >= 0.6 is 0 Å². The average Bonchev–Trinajstić information content (AvgIpc) is 2.39. The van der Waals surface area contributed by atoms with Crippen molar-refractivity contribution in [3.05, 3.63) is 0 Å². The van der Waals surface area contributed by atoms with Crippen LogP contribution in [-0.2, 0) is 32.3 Å². The summed E-state index contributed by atoms with van der Waals surface area (Å²) in [6, 6.07) is -0.315. The molecule has 0 aliphatic carbocycles. The highest BCUT2D eigenvalue weighted by Gasteiger charge is 2.44. The summed E-state index contributed by atoms with van der Waals surface area (Å²) in [5.41, 5.74) is 0. The van der Waals surface area contributed by atoms with E-state index in [0.717, 1.165) is 0 Å². The minimum atomic E-state index is -3.31. The van der Waals surface area contributed by atoms with Gasteiger partial charge in [-0.25, -0.2) is 0 Å². The van der Waals surface area contributed by atoms with Crippen LogP contribution in [0.15, 0.2) is 0 Å². The van der Waals surface area contributed by atoms with Crippen LogP contribution in [0, 0.1) is 0 Å². The van der Waals surface area contributed by atoms with Crippen LogP contribution in [0.25, 0.3) is 0 Å². The molecule has 0 spiro atoms. The van der Waals surface area contributed by atoms with Crippen molar-refractivity contribution in [2.24, 2.45) is 0 Å². The molecule has 0 unspecified atom stereocenters. The Kier molecular flexibility index (Phi) is 11.9. The monoisotopic (exact) mass is 312 g/mol. The second kappa shape index (κ2) is 12.2. The summed E-state index contributed by atoms with van der Waals surface area (Å²) >= 11 is 0. The van der Waals surface area contributed by atoms with Gasteiger partial charge in [0.2, 0.25) is 0 Å². The molecule has 9 heteroatoms. The molecule has 0 amide bonds. The van der Waals surface area contributed by atoms with Crippen LogP contribution in [0.2, 0.25) is 6.04 Å². The molecular formula is C11H24O8Si. The maximum Gasteiger partial charge on any atom is 0.512 e. The third kappa shape index (κ3) is 9.37. The molecule has 0 rings (SSSR count). The Morgan fingerprint density at radius 2 is 1.15 bits per heavy atom. The standard InChI is InChI=1S/C11H24O8Si/c1-14-4-7-17-20(10-11(12)13,18-8-5-15-2)19-9-6-16-3/h4-10H2,1-3H3,(H,12,13). The Morgan fingerprint density at radius 1 is 0.800 bits per heavy atom. The zero-order valence-electron chi connectivity index (χ0n) is 12.3. The number of carboxylic acid groups (broad SMARTS) is 1. The minimum Gasteiger partial charge on any atom is -0.481 e. The smallest absolute Gasteiger partial charge is 0.481 e. The SMILES string of the molecule is COCCO[Si](CC(=O)O)(OCCOC)OCCOC. The summed E-state index contributed by atoms with van der Waals surface area (Å²) in [7, 11) is 1.28. The molecule has 0 saturated carbocycles. The molecule has 120 valence electrons. The molecular weight excluding hydrogens is 288 g/mol. The van der Waals surface area contributed by atoms with Crippen molar-refractivity contribution < 1.29 is 37.4 Å². The lowest BCUT2D eigenvalue weighted by Crippen LogP contribution is -2.49. The normalized spacial score (nSPS) is 11.8. The van der Waals surface area contributed by atoms with Crippen molar-refractivity contribution in [2.75, 3.05) is 61.0 Å². The van der Waals surface area contributed by atoms with Gasteiger partial charge in [0.15, 0.2) is 0 Å². The summed E-state index contributed by atoms with van der Waals surface area (Å²) < 4.78 is 31.3. The van der Waals surface area contributed by atoms with Gasteiger partial charge in [-0.1, -0.05) is 0 Å². The number of ether oxygens (including phenoxy) is 3. The van der Waals surface area contributed by atoms with Crippen LogP contribution in [0.1, 0.15) is 0 Å². The van der Waals surface area contributed by atoms with Crippen LogP contribution in [0.5, 0.6) is 0 Å². The third-order valence-corrected chi connectivity index (χ3v) is 4.86. The van der Waals surface area contributed by atoms with E-state index < -0.39 is 14.8 Å². The van der Waals surface area contributed by atoms with E-state index in [0.29, 0.717) is 19.8 Å². The molecule has 0 radical (unpaired) electrons. The van der Waals surface area contributed by atoms with Crippen LogP contribution in [0.3, 0.4) is 0 Å². The zero-order valence-corrected chi connectivity index (χ0v) is 13.3. The van der Waals surface area contributed by atoms with Gasteiger partial charge in [-0.15, -0.1) is 0 Å². The van der Waals surface area contributed by atoms with Crippen molar-refractivity contribution in [2.45, 2.75) is 6.04 Å². The van der Waals surface area contributed by atoms with Gasteiger partial charge in [-0.3, -0.25) is 4.79 Å². The fourth-order valence-corrected chi connectivity index (χ4v) is 3.41. The number of hydrogen-bond donors (Lipinski definition) is 1. The lowest BCUT2D eigenvalue weighted by atomic mass is 10.8. The minimum absolute atomic E-state index is 0.204. The van der Waals surface area contributed by atoms with E-state index in [1.165, 1.54) is 21.3 Å². The molecule has 8 nitrogen and oxygen atoms in total. The number of hydrogen-bond acceptors (Lipinski definition) is 7. The number of rotatable bonds is 14. The second-order valence-electron chi connectivity index (χ2n) is 3.78. The van der Waals surface area contributed by atoms with E-state index in [-0.39, 0.29) is 25.9 Å². The summed E-state index contributed by atoms with van der Waals surface area (Å²) in [6.07, 6.45) is 0. The molecule has 20 heavy (non-hydrogen) atoms. The fourth-order valence-electron chi connectivity index (χ4n) is 1.30. The van der Waals surface area contributed by atoms with Gasteiger partial charge in [0, 0.05) is 21.3 Å². The molecule has 1 N–H and O–H groups in total. The van der Waals surface area contributed by atoms with E-state index in [1.54, 1.807) is 0 Å². The maximum atomic E-state index is 11.0. The largest absolute Gasteiger partial charge is 0.512 e. The Hall–Kier alpha value is -0.553. The lowest BCUT2D eigenvalue weighted by Gasteiger charge is -2.28. The molecule has 0 saturated heterocycles. The first-order valence-electron chi connectivity index (χ1n) is 6.20. The molecule has 0 aromatic carbocycles. The second-order valence-corrected chi connectivity index (χ2v) is 6.36. The average molecular weight is 312 g/mol. The molecule has 0 aromatic rings. The van der Waals surface area contributed by atoms with Crippen molar-refractivity contribution in [3.8, 4) is 0 Å². The van der Waals surface area contributed by atoms with Crippen LogP contribution in [-0.4, -0.2) is 80.9 Å². The van der Waals surface area contributed by atoms with Crippen molar-refractivity contribution in [1.82, 2.24) is 0 Å². The van der Waals surface area contributed by atoms with E-state index in [9.17, 15) is 4.79 Å². The van der Waals surface area contributed by atoms with Gasteiger partial charge in [0.05, 0.1) is 39.6 Å². The van der Waals surface area contributed by atoms with Crippen molar-refractivity contribution in [3.63, 3.8) is 0 Å². The first-order chi connectivity index (χ1) is 9.60. The molecule has 0 aliphatic heterocycles. The summed E-state index contributed by atoms with van der Waals surface area (Å²) in [5, 5.41) is 9.02. The third-order valence-electron chi connectivity index (χ3n) is 2.20. The first kappa shape index (κ1) is 19.4. The molecule has 0 aromatic heterocycles. The van der Waals surface area contributed by atoms with Gasteiger partial charge in [-0.2, -0.15) is 0 Å². The topological polar surface area (TPSA) is 92.7 Å². The predicted octanol–water partition coefficient (Wildman–Crippen LogP) is -0.00110. The first-order valence-corrected chi connectivity index (χ1v) is 8.14. The Morgan fingerprint density at radius 3 is 1.40 bits per heavy atom. The van der Waals surface area contributed by atoms with E-state index >= 15 is 0 Å². The van der Waals surface area contributed by atoms with Crippen LogP contribution < -0.4 is 0 Å². The Bertz CT molecular complexity index is 224. The van der Waals surface area contributed by atoms with Crippen molar-refractivity contribution in [1.29, 1.82) is 0 Å². The van der Waals surface area contributed by atoms with Gasteiger partial charge >= 0.3 is 14.8 Å². The Labute approximate surface area is 120 Å². The fraction of sp³-hybridized carbons (Fsp3) is 0.909. The Balaban J connectivity index is 4.61. The molecule has 0 fully saturated rings. The predicted molar refractivity (Wildman–Crippen MR) is 71.7 cm³/mol. The molecule has 0 aliphatic rings. The van der Waals surface area contributed by atoms with Gasteiger partial charge in [-0.05, 0) is 0 Å². The number of carbonyl (C=O) groups is 1. The summed E-state index contributed by atoms with van der Waals surface area (Å²) in [5.74, 6) is -1.04. The molecule has 0 bridgehead atoms. The summed E-state index contributed by atoms with van der Waals surface area (Å²) in [6.45, 7) is 1.60. The van der Waals surface area contributed by atoms with Gasteiger partial charge < -0.3 is 32.6 Å².